The van der Waals surface area contributed by atoms with Crippen LogP contribution in [0.3, 0.4) is 0 Å². The minimum absolute atomic E-state index is 0. The van der Waals surface area contributed by atoms with Gasteiger partial charge in [-0.15, -0.1) is 23.7 Å². The number of thiophene rings is 1. The molecule has 0 spiro atoms. The molecule has 1 N–H and O–H groups in total. The van der Waals surface area contributed by atoms with E-state index in [0.717, 1.165) is 35.8 Å². The predicted molar refractivity (Wildman–Crippen MR) is 76.7 cm³/mol. The van der Waals surface area contributed by atoms with Gasteiger partial charge >= 0.3 is 0 Å². The predicted octanol–water partition coefficient (Wildman–Crippen LogP) is 2.97. The van der Waals surface area contributed by atoms with Crippen molar-refractivity contribution in [3.8, 4) is 16.3 Å². The zero-order chi connectivity index (χ0) is 11.5. The number of halogens is 1. The van der Waals surface area contributed by atoms with Crippen molar-refractivity contribution in [2.24, 2.45) is 0 Å². The van der Waals surface area contributed by atoms with Crippen molar-refractivity contribution in [3.05, 3.63) is 35.8 Å². The van der Waals surface area contributed by atoms with E-state index in [1.807, 2.05) is 24.4 Å². The molecule has 0 aromatic carbocycles. The Labute approximate surface area is 117 Å². The first-order valence-corrected chi connectivity index (χ1v) is 6.68. The maximum atomic E-state index is 6.01. The molecule has 0 aliphatic carbocycles. The van der Waals surface area contributed by atoms with Crippen LogP contribution in [0.15, 0.2) is 35.8 Å². The second kappa shape index (κ2) is 6.18. The van der Waals surface area contributed by atoms with Gasteiger partial charge in [0.25, 0.3) is 0 Å². The number of ether oxygens (including phenoxy) is 1. The lowest BCUT2D eigenvalue weighted by Crippen LogP contribution is -2.19. The number of hydrogen-bond donors (Lipinski definition) is 1. The van der Waals surface area contributed by atoms with Crippen molar-refractivity contribution < 1.29 is 4.74 Å². The van der Waals surface area contributed by atoms with Gasteiger partial charge in [-0.3, -0.25) is 4.98 Å². The van der Waals surface area contributed by atoms with Crippen LogP contribution in [0, 0.1) is 0 Å². The van der Waals surface area contributed by atoms with Gasteiger partial charge in [0.1, 0.15) is 17.5 Å². The molecule has 0 unspecified atom stereocenters. The summed E-state index contributed by atoms with van der Waals surface area (Å²) in [7, 11) is 0. The topological polar surface area (TPSA) is 34.1 Å². The van der Waals surface area contributed by atoms with Crippen molar-refractivity contribution in [1.82, 2.24) is 10.3 Å². The Bertz CT molecular complexity index is 483. The molecule has 5 heteroatoms. The summed E-state index contributed by atoms with van der Waals surface area (Å²) in [6.45, 7) is 1.97. The van der Waals surface area contributed by atoms with Crippen LogP contribution in [0.4, 0.5) is 0 Å². The van der Waals surface area contributed by atoms with Gasteiger partial charge in [0.15, 0.2) is 0 Å². The highest BCUT2D eigenvalue weighted by Crippen LogP contribution is 2.31. The van der Waals surface area contributed by atoms with Crippen molar-refractivity contribution >= 4 is 23.7 Å². The lowest BCUT2D eigenvalue weighted by atomic mass is 10.2. The van der Waals surface area contributed by atoms with E-state index in [1.165, 1.54) is 0 Å². The minimum atomic E-state index is 0. The molecule has 0 bridgehead atoms. The van der Waals surface area contributed by atoms with Gasteiger partial charge in [-0.05, 0) is 36.5 Å². The van der Waals surface area contributed by atoms with Crippen LogP contribution < -0.4 is 10.1 Å². The average Bonchev–Trinajstić information content (AvgIpc) is 3.01. The van der Waals surface area contributed by atoms with Crippen LogP contribution in [0.25, 0.3) is 10.6 Å². The monoisotopic (exact) mass is 282 g/mol. The van der Waals surface area contributed by atoms with E-state index < -0.39 is 0 Å². The van der Waals surface area contributed by atoms with Crippen molar-refractivity contribution in [1.29, 1.82) is 0 Å². The average molecular weight is 283 g/mol. The molecular formula is C13H15ClN2OS. The number of aromatic nitrogens is 1. The van der Waals surface area contributed by atoms with E-state index in [4.69, 9.17) is 4.74 Å². The van der Waals surface area contributed by atoms with Gasteiger partial charge < -0.3 is 10.1 Å². The third kappa shape index (κ3) is 2.83. The van der Waals surface area contributed by atoms with Gasteiger partial charge in [0, 0.05) is 12.7 Å². The molecule has 0 radical (unpaired) electrons. The summed E-state index contributed by atoms with van der Waals surface area (Å²) in [4.78, 5) is 5.59. The highest BCUT2D eigenvalue weighted by Gasteiger charge is 2.18. The Kier molecular flexibility index (Phi) is 4.58. The van der Waals surface area contributed by atoms with Crippen LogP contribution in [-0.2, 0) is 0 Å². The normalized spacial score (nSPS) is 18.3. The summed E-state index contributed by atoms with van der Waals surface area (Å²) in [5.41, 5.74) is 0.953. The van der Waals surface area contributed by atoms with Crippen LogP contribution >= 0.6 is 23.7 Å². The zero-order valence-corrected chi connectivity index (χ0v) is 11.5. The quantitative estimate of drug-likeness (QED) is 0.940. The summed E-state index contributed by atoms with van der Waals surface area (Å²) in [6.07, 6.45) is 3.16. The summed E-state index contributed by atoms with van der Waals surface area (Å²) in [5, 5.41) is 5.36. The third-order valence-corrected chi connectivity index (χ3v) is 3.71. The molecule has 0 amide bonds. The molecular weight excluding hydrogens is 268 g/mol. The molecule has 1 saturated heterocycles. The Hall–Kier alpha value is -1.10. The number of hydrogen-bond acceptors (Lipinski definition) is 4. The summed E-state index contributed by atoms with van der Waals surface area (Å²) < 4.78 is 6.01. The number of nitrogens with one attached hydrogen (secondary N) is 1. The molecule has 1 atom stereocenters. The van der Waals surface area contributed by atoms with E-state index in [-0.39, 0.29) is 18.5 Å². The molecule has 3 heterocycles. The molecule has 96 valence electrons. The second-order valence-electron chi connectivity index (χ2n) is 4.06. The van der Waals surface area contributed by atoms with E-state index in [2.05, 4.69) is 21.7 Å². The second-order valence-corrected chi connectivity index (χ2v) is 5.01. The highest BCUT2D eigenvalue weighted by atomic mass is 35.5. The van der Waals surface area contributed by atoms with Crippen molar-refractivity contribution in [2.45, 2.75) is 12.5 Å². The fourth-order valence-corrected chi connectivity index (χ4v) is 2.72. The molecule has 3 rings (SSSR count). The first-order chi connectivity index (χ1) is 8.43. The van der Waals surface area contributed by atoms with Crippen LogP contribution in [-0.4, -0.2) is 24.2 Å². The van der Waals surface area contributed by atoms with Gasteiger partial charge in [-0.2, -0.15) is 0 Å². The van der Waals surface area contributed by atoms with Gasteiger partial charge in [0.2, 0.25) is 0 Å². The van der Waals surface area contributed by atoms with Crippen molar-refractivity contribution in [2.75, 3.05) is 13.1 Å². The van der Waals surface area contributed by atoms with Crippen LogP contribution in [0.1, 0.15) is 6.42 Å². The van der Waals surface area contributed by atoms with E-state index in [0.29, 0.717) is 0 Å². The smallest absolute Gasteiger partial charge is 0.146 e. The maximum Gasteiger partial charge on any atom is 0.146 e. The summed E-state index contributed by atoms with van der Waals surface area (Å²) in [6, 6.07) is 8.04. The Morgan fingerprint density at radius 3 is 3.00 bits per heavy atom. The first-order valence-electron chi connectivity index (χ1n) is 5.80. The molecule has 18 heavy (non-hydrogen) atoms. The third-order valence-electron chi connectivity index (χ3n) is 2.83. The SMILES string of the molecule is Cl.c1csc(-c2ncccc2O[C@@H]2CCNC2)c1. The Morgan fingerprint density at radius 2 is 2.28 bits per heavy atom. The Morgan fingerprint density at radius 1 is 1.33 bits per heavy atom. The van der Waals surface area contributed by atoms with Crippen molar-refractivity contribution in [3.63, 3.8) is 0 Å². The molecule has 2 aromatic heterocycles. The number of pyridine rings is 1. The number of rotatable bonds is 3. The fraction of sp³-hybridized carbons (Fsp3) is 0.308. The first kappa shape index (κ1) is 13.3. The van der Waals surface area contributed by atoms with Crippen LogP contribution in [0.5, 0.6) is 5.75 Å². The van der Waals surface area contributed by atoms with E-state index in [9.17, 15) is 0 Å². The lowest BCUT2D eigenvalue weighted by molar-refractivity contribution is 0.223. The Balaban J connectivity index is 0.00000120. The molecule has 0 saturated carbocycles. The van der Waals surface area contributed by atoms with Gasteiger partial charge in [0.05, 0.1) is 4.88 Å². The number of nitrogens with zero attached hydrogens (tertiary/aromatic N) is 1. The molecule has 1 aliphatic heterocycles. The minimum Gasteiger partial charge on any atom is -0.487 e. The molecule has 1 fully saturated rings. The molecule has 2 aromatic rings. The maximum absolute atomic E-state index is 6.01. The van der Waals surface area contributed by atoms with E-state index >= 15 is 0 Å². The fourth-order valence-electron chi connectivity index (χ4n) is 1.99. The van der Waals surface area contributed by atoms with E-state index in [1.54, 1.807) is 11.3 Å². The zero-order valence-electron chi connectivity index (χ0n) is 9.83. The molecule has 1 aliphatic rings. The molecule has 3 nitrogen and oxygen atoms in total. The van der Waals surface area contributed by atoms with Gasteiger partial charge in [-0.25, -0.2) is 0 Å². The standard InChI is InChI=1S/C13H14N2OS.ClH/c1-3-11(16-10-5-7-14-9-10)13(15-6-1)12-4-2-8-17-12;/h1-4,6,8,10,14H,5,7,9H2;1H/t10-;/m1./s1. The van der Waals surface area contributed by atoms with Gasteiger partial charge in [-0.1, -0.05) is 6.07 Å². The summed E-state index contributed by atoms with van der Waals surface area (Å²) in [5.74, 6) is 0.892. The highest BCUT2D eigenvalue weighted by molar-refractivity contribution is 7.13. The van der Waals surface area contributed by atoms with Crippen LogP contribution in [0.2, 0.25) is 0 Å². The largest absolute Gasteiger partial charge is 0.487 e. The lowest BCUT2D eigenvalue weighted by Gasteiger charge is -2.14. The summed E-state index contributed by atoms with van der Waals surface area (Å²) >= 11 is 1.69.